The summed E-state index contributed by atoms with van der Waals surface area (Å²) in [7, 11) is 0. The van der Waals surface area contributed by atoms with Gasteiger partial charge in [-0.1, -0.05) is 13.8 Å². The SMILES string of the molecule is CC(C)c1ncnc2cc(F)ccc12. The Morgan fingerprint density at radius 2 is 2.00 bits per heavy atom. The summed E-state index contributed by atoms with van der Waals surface area (Å²) in [6.07, 6.45) is 1.48. The van der Waals surface area contributed by atoms with Gasteiger partial charge in [0.05, 0.1) is 11.2 Å². The van der Waals surface area contributed by atoms with Crippen LogP contribution in [-0.2, 0) is 0 Å². The quantitative estimate of drug-likeness (QED) is 0.691. The first-order chi connectivity index (χ1) is 6.68. The second kappa shape index (κ2) is 3.33. The Morgan fingerprint density at radius 1 is 1.21 bits per heavy atom. The molecule has 1 heterocycles. The average Bonchev–Trinajstić information content (AvgIpc) is 2.16. The lowest BCUT2D eigenvalue weighted by Crippen LogP contribution is -1.95. The van der Waals surface area contributed by atoms with E-state index in [1.807, 2.05) is 0 Å². The molecule has 0 saturated carbocycles. The first-order valence-corrected chi connectivity index (χ1v) is 4.58. The second-order valence-corrected chi connectivity index (χ2v) is 3.58. The van der Waals surface area contributed by atoms with Gasteiger partial charge in [0.15, 0.2) is 0 Å². The van der Waals surface area contributed by atoms with Gasteiger partial charge in [-0.2, -0.15) is 0 Å². The van der Waals surface area contributed by atoms with Crippen LogP contribution in [0.3, 0.4) is 0 Å². The monoisotopic (exact) mass is 190 g/mol. The Labute approximate surface area is 81.8 Å². The lowest BCUT2D eigenvalue weighted by Gasteiger charge is -2.07. The molecule has 0 spiro atoms. The number of hydrogen-bond donors (Lipinski definition) is 0. The molecule has 0 unspecified atom stereocenters. The number of nitrogens with zero attached hydrogens (tertiary/aromatic N) is 2. The van der Waals surface area contributed by atoms with E-state index in [-0.39, 0.29) is 5.82 Å². The zero-order valence-electron chi connectivity index (χ0n) is 8.16. The third-order valence-electron chi connectivity index (χ3n) is 2.18. The average molecular weight is 190 g/mol. The maximum absolute atomic E-state index is 12.9. The van der Waals surface area contributed by atoms with E-state index in [0.717, 1.165) is 11.1 Å². The zero-order chi connectivity index (χ0) is 10.1. The van der Waals surface area contributed by atoms with Gasteiger partial charge in [0.25, 0.3) is 0 Å². The maximum atomic E-state index is 12.9. The van der Waals surface area contributed by atoms with Gasteiger partial charge in [-0.05, 0) is 18.1 Å². The van der Waals surface area contributed by atoms with Crippen LogP contribution in [-0.4, -0.2) is 9.97 Å². The largest absolute Gasteiger partial charge is 0.240 e. The molecule has 0 aliphatic carbocycles. The molecule has 14 heavy (non-hydrogen) atoms. The molecular formula is C11H11FN2. The van der Waals surface area contributed by atoms with Crippen LogP contribution >= 0.6 is 0 Å². The van der Waals surface area contributed by atoms with Gasteiger partial charge in [0.2, 0.25) is 0 Å². The van der Waals surface area contributed by atoms with Crippen LogP contribution in [0.25, 0.3) is 10.9 Å². The Hall–Kier alpha value is -1.51. The smallest absolute Gasteiger partial charge is 0.125 e. The van der Waals surface area contributed by atoms with E-state index in [2.05, 4.69) is 23.8 Å². The number of rotatable bonds is 1. The fourth-order valence-corrected chi connectivity index (χ4v) is 1.51. The van der Waals surface area contributed by atoms with Crippen molar-refractivity contribution in [3.8, 4) is 0 Å². The summed E-state index contributed by atoms with van der Waals surface area (Å²) in [6.45, 7) is 4.12. The van der Waals surface area contributed by atoms with E-state index >= 15 is 0 Å². The molecule has 72 valence electrons. The summed E-state index contributed by atoms with van der Waals surface area (Å²) in [5, 5.41) is 0.934. The molecule has 0 radical (unpaired) electrons. The molecule has 0 atom stereocenters. The molecule has 0 saturated heterocycles. The zero-order valence-corrected chi connectivity index (χ0v) is 8.16. The summed E-state index contributed by atoms with van der Waals surface area (Å²) < 4.78 is 12.9. The fraction of sp³-hybridized carbons (Fsp3) is 0.273. The van der Waals surface area contributed by atoms with Crippen LogP contribution in [0.15, 0.2) is 24.5 Å². The number of benzene rings is 1. The standard InChI is InChI=1S/C11H11FN2/c1-7(2)11-9-4-3-8(12)5-10(9)13-6-14-11/h3-7H,1-2H3. The molecule has 0 bridgehead atoms. The summed E-state index contributed by atoms with van der Waals surface area (Å²) in [6, 6.07) is 4.61. The predicted molar refractivity (Wildman–Crippen MR) is 53.6 cm³/mol. The highest BCUT2D eigenvalue weighted by Crippen LogP contribution is 2.21. The predicted octanol–water partition coefficient (Wildman–Crippen LogP) is 2.89. The summed E-state index contributed by atoms with van der Waals surface area (Å²) in [5.41, 5.74) is 1.64. The van der Waals surface area contributed by atoms with Crippen LogP contribution < -0.4 is 0 Å². The summed E-state index contributed by atoms with van der Waals surface area (Å²) in [5.74, 6) is 0.0665. The highest BCUT2D eigenvalue weighted by atomic mass is 19.1. The van der Waals surface area contributed by atoms with E-state index in [4.69, 9.17) is 0 Å². The highest BCUT2D eigenvalue weighted by molar-refractivity contribution is 5.81. The Morgan fingerprint density at radius 3 is 2.71 bits per heavy atom. The van der Waals surface area contributed by atoms with Crippen LogP contribution in [0.4, 0.5) is 4.39 Å². The van der Waals surface area contributed by atoms with Crippen molar-refractivity contribution in [2.45, 2.75) is 19.8 Å². The topological polar surface area (TPSA) is 25.8 Å². The van der Waals surface area contributed by atoms with Gasteiger partial charge in [-0.15, -0.1) is 0 Å². The van der Waals surface area contributed by atoms with Gasteiger partial charge in [-0.3, -0.25) is 0 Å². The number of halogens is 1. The molecule has 0 fully saturated rings. The van der Waals surface area contributed by atoms with Crippen molar-refractivity contribution < 1.29 is 4.39 Å². The number of hydrogen-bond acceptors (Lipinski definition) is 2. The van der Waals surface area contributed by atoms with Crippen LogP contribution in [0.5, 0.6) is 0 Å². The highest BCUT2D eigenvalue weighted by Gasteiger charge is 2.07. The van der Waals surface area contributed by atoms with Crippen molar-refractivity contribution in [3.05, 3.63) is 36.0 Å². The Kier molecular flexibility index (Phi) is 2.15. The van der Waals surface area contributed by atoms with Gasteiger partial charge in [0.1, 0.15) is 12.1 Å². The molecule has 2 nitrogen and oxygen atoms in total. The molecule has 0 aliphatic rings. The first kappa shape index (κ1) is 9.06. The second-order valence-electron chi connectivity index (χ2n) is 3.58. The number of fused-ring (bicyclic) bond motifs is 1. The molecular weight excluding hydrogens is 179 g/mol. The van der Waals surface area contributed by atoms with E-state index in [9.17, 15) is 4.39 Å². The minimum absolute atomic E-state index is 0.258. The van der Waals surface area contributed by atoms with Gasteiger partial charge in [0, 0.05) is 11.5 Å². The van der Waals surface area contributed by atoms with Crippen molar-refractivity contribution in [1.29, 1.82) is 0 Å². The summed E-state index contributed by atoms with van der Waals surface area (Å²) >= 11 is 0. The molecule has 2 rings (SSSR count). The lowest BCUT2D eigenvalue weighted by molar-refractivity contribution is 0.629. The number of aromatic nitrogens is 2. The van der Waals surface area contributed by atoms with Crippen molar-refractivity contribution in [2.24, 2.45) is 0 Å². The van der Waals surface area contributed by atoms with E-state index in [1.54, 1.807) is 6.07 Å². The normalized spacial score (nSPS) is 11.1. The van der Waals surface area contributed by atoms with Crippen LogP contribution in [0, 0.1) is 5.82 Å². The third kappa shape index (κ3) is 1.45. The molecule has 3 heteroatoms. The molecule has 0 aliphatic heterocycles. The van der Waals surface area contributed by atoms with E-state index in [0.29, 0.717) is 11.4 Å². The minimum atomic E-state index is -0.258. The van der Waals surface area contributed by atoms with Gasteiger partial charge in [-0.25, -0.2) is 14.4 Å². The fourth-order valence-electron chi connectivity index (χ4n) is 1.51. The Balaban J connectivity index is 2.75. The Bertz CT molecular complexity index is 466. The third-order valence-corrected chi connectivity index (χ3v) is 2.18. The summed E-state index contributed by atoms with van der Waals surface area (Å²) in [4.78, 5) is 8.24. The van der Waals surface area contributed by atoms with Crippen molar-refractivity contribution in [2.75, 3.05) is 0 Å². The van der Waals surface area contributed by atoms with Crippen LogP contribution in [0.1, 0.15) is 25.5 Å². The van der Waals surface area contributed by atoms with Crippen molar-refractivity contribution in [1.82, 2.24) is 9.97 Å². The van der Waals surface area contributed by atoms with Crippen molar-refractivity contribution >= 4 is 10.9 Å². The molecule has 0 amide bonds. The molecule has 1 aromatic carbocycles. The van der Waals surface area contributed by atoms with Gasteiger partial charge < -0.3 is 0 Å². The van der Waals surface area contributed by atoms with E-state index in [1.165, 1.54) is 18.5 Å². The lowest BCUT2D eigenvalue weighted by atomic mass is 10.0. The minimum Gasteiger partial charge on any atom is -0.240 e. The van der Waals surface area contributed by atoms with Gasteiger partial charge >= 0.3 is 0 Å². The first-order valence-electron chi connectivity index (χ1n) is 4.58. The molecule has 1 aromatic heterocycles. The van der Waals surface area contributed by atoms with Crippen molar-refractivity contribution in [3.63, 3.8) is 0 Å². The van der Waals surface area contributed by atoms with E-state index < -0.39 is 0 Å². The molecule has 2 aromatic rings. The molecule has 0 N–H and O–H groups in total. The maximum Gasteiger partial charge on any atom is 0.125 e. The van der Waals surface area contributed by atoms with Crippen LogP contribution in [0.2, 0.25) is 0 Å².